The lowest BCUT2D eigenvalue weighted by atomic mass is 10.2. The minimum absolute atomic E-state index is 0.310. The highest BCUT2D eigenvalue weighted by molar-refractivity contribution is 7.71. The average molecular weight is 309 g/mol. The molecule has 1 N–H and O–H groups in total. The molecule has 0 amide bonds. The number of ether oxygens (including phenoxy) is 1. The van der Waals surface area contributed by atoms with E-state index in [1.165, 1.54) is 0 Å². The van der Waals surface area contributed by atoms with Crippen LogP contribution in [0.15, 0.2) is 0 Å². The molecule has 2 aromatic heterocycles. The largest absolute Gasteiger partial charge is 0.379 e. The van der Waals surface area contributed by atoms with Crippen molar-refractivity contribution in [2.45, 2.75) is 26.3 Å². The van der Waals surface area contributed by atoms with Crippen LogP contribution in [-0.2, 0) is 18.2 Å². The van der Waals surface area contributed by atoms with Gasteiger partial charge in [-0.2, -0.15) is 5.10 Å². The summed E-state index contributed by atoms with van der Waals surface area (Å²) in [5.41, 5.74) is 3.26. The molecule has 1 fully saturated rings. The van der Waals surface area contributed by atoms with Crippen molar-refractivity contribution in [3.63, 3.8) is 0 Å². The molecule has 0 aromatic carbocycles. The SMILES string of the molecule is CCc1nn(C)c2c1[nH]c(=S)n2C(C)CN1CCOCC1. The van der Waals surface area contributed by atoms with E-state index in [0.717, 1.165) is 60.9 Å². The third kappa shape index (κ3) is 2.65. The number of aryl methyl sites for hydroxylation is 2. The second-order valence-electron chi connectivity index (χ2n) is 5.68. The number of aromatic nitrogens is 4. The zero-order valence-corrected chi connectivity index (χ0v) is 13.7. The van der Waals surface area contributed by atoms with Crippen LogP contribution in [0.4, 0.5) is 0 Å². The fraction of sp³-hybridized carbons (Fsp3) is 0.714. The molecule has 1 saturated heterocycles. The van der Waals surface area contributed by atoms with Crippen LogP contribution >= 0.6 is 12.2 Å². The molecule has 1 aliphatic rings. The average Bonchev–Trinajstić information content (AvgIpc) is 2.96. The van der Waals surface area contributed by atoms with E-state index < -0.39 is 0 Å². The molecule has 3 heterocycles. The molecule has 3 rings (SSSR count). The van der Waals surface area contributed by atoms with Crippen molar-refractivity contribution in [2.24, 2.45) is 7.05 Å². The quantitative estimate of drug-likeness (QED) is 0.876. The van der Waals surface area contributed by atoms with Gasteiger partial charge in [-0.1, -0.05) is 6.92 Å². The van der Waals surface area contributed by atoms with Crippen LogP contribution in [0.25, 0.3) is 11.2 Å². The smallest absolute Gasteiger partial charge is 0.179 e. The molecule has 1 aliphatic heterocycles. The molecule has 0 spiro atoms. The first-order chi connectivity index (χ1) is 10.1. The molecule has 1 atom stereocenters. The monoisotopic (exact) mass is 309 g/mol. The number of nitrogens with one attached hydrogen (secondary N) is 1. The van der Waals surface area contributed by atoms with Crippen molar-refractivity contribution in [2.75, 3.05) is 32.8 Å². The molecule has 7 heteroatoms. The van der Waals surface area contributed by atoms with E-state index in [2.05, 4.69) is 33.4 Å². The van der Waals surface area contributed by atoms with Crippen molar-refractivity contribution in [1.82, 2.24) is 24.2 Å². The fourth-order valence-electron chi connectivity index (χ4n) is 3.13. The highest BCUT2D eigenvalue weighted by Gasteiger charge is 2.20. The number of rotatable bonds is 4. The van der Waals surface area contributed by atoms with Gasteiger partial charge in [-0.05, 0) is 25.6 Å². The number of fused-ring (bicyclic) bond motifs is 1. The molecule has 0 aliphatic carbocycles. The molecule has 21 heavy (non-hydrogen) atoms. The third-order valence-electron chi connectivity index (χ3n) is 4.17. The molecule has 1 unspecified atom stereocenters. The molecule has 6 nitrogen and oxygen atoms in total. The van der Waals surface area contributed by atoms with Crippen molar-refractivity contribution in [3.8, 4) is 0 Å². The lowest BCUT2D eigenvalue weighted by Crippen LogP contribution is -2.39. The summed E-state index contributed by atoms with van der Waals surface area (Å²) in [4.78, 5) is 5.77. The molecular weight excluding hydrogens is 286 g/mol. The molecule has 0 saturated carbocycles. The van der Waals surface area contributed by atoms with Crippen molar-refractivity contribution < 1.29 is 4.74 Å². The molecule has 116 valence electrons. The zero-order valence-electron chi connectivity index (χ0n) is 12.9. The van der Waals surface area contributed by atoms with Crippen LogP contribution in [0.5, 0.6) is 0 Å². The summed E-state index contributed by atoms with van der Waals surface area (Å²) in [6, 6.07) is 0.310. The zero-order chi connectivity index (χ0) is 15.0. The summed E-state index contributed by atoms with van der Waals surface area (Å²) in [6.45, 7) is 8.97. The number of morpholine rings is 1. The van der Waals surface area contributed by atoms with E-state index in [0.29, 0.717) is 6.04 Å². The van der Waals surface area contributed by atoms with Crippen molar-refractivity contribution in [3.05, 3.63) is 10.5 Å². The van der Waals surface area contributed by atoms with Gasteiger partial charge in [-0.3, -0.25) is 14.1 Å². The van der Waals surface area contributed by atoms with E-state index in [1.54, 1.807) is 0 Å². The van der Waals surface area contributed by atoms with Gasteiger partial charge in [0.1, 0.15) is 5.52 Å². The number of nitrogens with zero attached hydrogens (tertiary/aromatic N) is 4. The molecular formula is C14H23N5OS. The first-order valence-electron chi connectivity index (χ1n) is 7.58. The van der Waals surface area contributed by atoms with Crippen LogP contribution in [0.1, 0.15) is 25.6 Å². The summed E-state index contributed by atoms with van der Waals surface area (Å²) in [7, 11) is 1.99. The summed E-state index contributed by atoms with van der Waals surface area (Å²) >= 11 is 5.54. The van der Waals surface area contributed by atoms with Gasteiger partial charge >= 0.3 is 0 Å². The summed E-state index contributed by atoms with van der Waals surface area (Å²) in [5, 5.41) is 4.58. The lowest BCUT2D eigenvalue weighted by molar-refractivity contribution is 0.0326. The van der Waals surface area contributed by atoms with Crippen LogP contribution in [-0.4, -0.2) is 57.1 Å². The predicted molar refractivity (Wildman–Crippen MR) is 85.2 cm³/mol. The predicted octanol–water partition coefficient (Wildman–Crippen LogP) is 1.89. The van der Waals surface area contributed by atoms with Crippen LogP contribution in [0.2, 0.25) is 0 Å². The van der Waals surface area contributed by atoms with Crippen LogP contribution < -0.4 is 0 Å². The summed E-state index contributed by atoms with van der Waals surface area (Å²) < 4.78 is 10.3. The number of hydrogen-bond donors (Lipinski definition) is 1. The Kier molecular flexibility index (Phi) is 4.14. The van der Waals surface area contributed by atoms with Crippen LogP contribution in [0, 0.1) is 4.77 Å². The number of imidazole rings is 1. The Morgan fingerprint density at radius 2 is 2.10 bits per heavy atom. The normalized spacial score (nSPS) is 18.4. The first kappa shape index (κ1) is 14.7. The van der Waals surface area contributed by atoms with E-state index >= 15 is 0 Å². The topological polar surface area (TPSA) is 51.0 Å². The lowest BCUT2D eigenvalue weighted by Gasteiger charge is -2.29. The maximum atomic E-state index is 5.54. The number of hydrogen-bond acceptors (Lipinski definition) is 4. The van der Waals surface area contributed by atoms with Crippen LogP contribution in [0.3, 0.4) is 0 Å². The van der Waals surface area contributed by atoms with Gasteiger partial charge in [0, 0.05) is 32.7 Å². The molecule has 0 radical (unpaired) electrons. The van der Waals surface area contributed by atoms with Gasteiger partial charge < -0.3 is 9.72 Å². The van der Waals surface area contributed by atoms with E-state index in [9.17, 15) is 0 Å². The Balaban J connectivity index is 1.93. The molecule has 0 bridgehead atoms. The highest BCUT2D eigenvalue weighted by atomic mass is 32.1. The van der Waals surface area contributed by atoms with Gasteiger partial charge in [0.15, 0.2) is 10.4 Å². The Morgan fingerprint density at radius 1 is 1.38 bits per heavy atom. The second kappa shape index (κ2) is 5.90. The maximum absolute atomic E-state index is 5.54. The Hall–Kier alpha value is -1.18. The van der Waals surface area contributed by atoms with Gasteiger partial charge in [0.05, 0.1) is 18.9 Å². The minimum Gasteiger partial charge on any atom is -0.379 e. The van der Waals surface area contributed by atoms with E-state index in [1.807, 2.05) is 11.7 Å². The van der Waals surface area contributed by atoms with Gasteiger partial charge in [-0.15, -0.1) is 0 Å². The maximum Gasteiger partial charge on any atom is 0.179 e. The first-order valence-corrected chi connectivity index (χ1v) is 7.98. The van der Waals surface area contributed by atoms with Gasteiger partial charge in [-0.25, -0.2) is 0 Å². The Morgan fingerprint density at radius 3 is 2.76 bits per heavy atom. The van der Waals surface area contributed by atoms with E-state index in [-0.39, 0.29) is 0 Å². The molecule has 2 aromatic rings. The minimum atomic E-state index is 0.310. The fourth-order valence-corrected chi connectivity index (χ4v) is 3.50. The highest BCUT2D eigenvalue weighted by Crippen LogP contribution is 2.22. The van der Waals surface area contributed by atoms with Crippen molar-refractivity contribution >= 4 is 23.4 Å². The summed E-state index contributed by atoms with van der Waals surface area (Å²) in [6.07, 6.45) is 0.907. The Labute approximate surface area is 129 Å². The van der Waals surface area contributed by atoms with Crippen molar-refractivity contribution in [1.29, 1.82) is 0 Å². The summed E-state index contributed by atoms with van der Waals surface area (Å²) in [5.74, 6) is 0. The van der Waals surface area contributed by atoms with E-state index in [4.69, 9.17) is 17.0 Å². The second-order valence-corrected chi connectivity index (χ2v) is 6.07. The number of H-pyrrole nitrogens is 1. The van der Waals surface area contributed by atoms with Gasteiger partial charge in [0.2, 0.25) is 0 Å². The standard InChI is InChI=1S/C14H23N5OS/c1-4-11-12-13(17(3)16-11)19(14(21)15-12)10(2)9-18-5-7-20-8-6-18/h10H,4-9H2,1-3H3,(H,15,21). The van der Waals surface area contributed by atoms with Gasteiger partial charge in [0.25, 0.3) is 0 Å². The number of aromatic amines is 1. The third-order valence-corrected chi connectivity index (χ3v) is 4.47. The Bertz CT molecular complexity index is 679.